The molecule has 99 valence electrons. The summed E-state index contributed by atoms with van der Waals surface area (Å²) in [7, 11) is 2.05. The number of fused-ring (bicyclic) bond motifs is 1. The molecule has 0 bridgehead atoms. The van der Waals surface area contributed by atoms with Gasteiger partial charge in [-0.25, -0.2) is 0 Å². The second-order valence-corrected chi connectivity index (χ2v) is 4.76. The van der Waals surface area contributed by atoms with Crippen LogP contribution < -0.4 is 9.62 Å². The third-order valence-corrected chi connectivity index (χ3v) is 3.47. The molecule has 21 heavy (non-hydrogen) atoms. The van der Waals surface area contributed by atoms with Gasteiger partial charge in [0.05, 0.1) is 11.4 Å². The van der Waals surface area contributed by atoms with E-state index in [1.807, 2.05) is 50.0 Å². The summed E-state index contributed by atoms with van der Waals surface area (Å²) >= 11 is 0. The lowest BCUT2D eigenvalue weighted by Crippen LogP contribution is -2.29. The maximum absolute atomic E-state index is 4.21. The Hall–Kier alpha value is -2.82. The fourth-order valence-corrected chi connectivity index (χ4v) is 2.51. The van der Waals surface area contributed by atoms with Gasteiger partial charge in [-0.2, -0.15) is 5.10 Å². The number of hydrogen-bond donors (Lipinski definition) is 0. The normalized spacial score (nSPS) is 13.0. The summed E-state index contributed by atoms with van der Waals surface area (Å²) in [5.41, 5.74) is 3.35. The standard InChI is InChI=1S/C16H12BN4/c1-2-7-13(8-3-1)20-14-9-4-5-10-15(14)21(17-20)16-11-6-12-18-19-16/h1-12H. The highest BCUT2D eigenvalue weighted by Crippen LogP contribution is 2.41. The summed E-state index contributed by atoms with van der Waals surface area (Å²) in [5.74, 6) is 0.809. The van der Waals surface area contributed by atoms with Gasteiger partial charge in [-0.1, -0.05) is 30.3 Å². The van der Waals surface area contributed by atoms with Crippen LogP contribution in [0.5, 0.6) is 0 Å². The third-order valence-electron chi connectivity index (χ3n) is 3.47. The lowest BCUT2D eigenvalue weighted by Gasteiger charge is -2.18. The van der Waals surface area contributed by atoms with Crippen molar-refractivity contribution in [3.8, 4) is 0 Å². The highest BCUT2D eigenvalue weighted by atomic mass is 15.3. The summed E-state index contributed by atoms with van der Waals surface area (Å²) in [4.78, 5) is 4.21. The Bertz CT molecular complexity index is 684. The van der Waals surface area contributed by atoms with Crippen molar-refractivity contribution >= 4 is 30.4 Å². The first-order valence-electron chi connectivity index (χ1n) is 6.79. The third kappa shape index (κ3) is 2.03. The zero-order valence-electron chi connectivity index (χ0n) is 11.3. The van der Waals surface area contributed by atoms with E-state index in [1.54, 1.807) is 6.20 Å². The number of para-hydroxylation sites is 3. The first-order chi connectivity index (χ1) is 10.4. The molecule has 0 aliphatic carbocycles. The Morgan fingerprint density at radius 2 is 1.43 bits per heavy atom. The van der Waals surface area contributed by atoms with Crippen LogP contribution in [0, 0.1) is 0 Å². The van der Waals surface area contributed by atoms with Gasteiger partial charge in [0.1, 0.15) is 5.82 Å². The van der Waals surface area contributed by atoms with Crippen molar-refractivity contribution in [2.45, 2.75) is 0 Å². The molecule has 0 N–H and O–H groups in total. The molecule has 0 amide bonds. The van der Waals surface area contributed by atoms with E-state index in [2.05, 4.69) is 44.1 Å². The summed E-state index contributed by atoms with van der Waals surface area (Å²) in [5, 5.41) is 8.18. The van der Waals surface area contributed by atoms with Gasteiger partial charge in [0.15, 0.2) is 0 Å². The van der Waals surface area contributed by atoms with Crippen molar-refractivity contribution in [2.24, 2.45) is 0 Å². The summed E-state index contributed by atoms with van der Waals surface area (Å²) in [6, 6.07) is 22.4. The lowest BCUT2D eigenvalue weighted by atomic mass is 10.1. The Morgan fingerprint density at radius 1 is 0.714 bits per heavy atom. The van der Waals surface area contributed by atoms with E-state index < -0.39 is 0 Å². The summed E-state index contributed by atoms with van der Waals surface area (Å²) in [6.07, 6.45) is 1.68. The van der Waals surface area contributed by atoms with E-state index in [9.17, 15) is 0 Å². The number of benzene rings is 2. The summed E-state index contributed by atoms with van der Waals surface area (Å²) < 4.78 is 0. The van der Waals surface area contributed by atoms with Gasteiger partial charge in [0.2, 0.25) is 0 Å². The van der Waals surface area contributed by atoms with Crippen LogP contribution in [-0.4, -0.2) is 17.7 Å². The Morgan fingerprint density at radius 3 is 2.14 bits per heavy atom. The van der Waals surface area contributed by atoms with E-state index in [-0.39, 0.29) is 0 Å². The predicted molar refractivity (Wildman–Crippen MR) is 84.9 cm³/mol. The molecular formula is C16H12BN4. The van der Waals surface area contributed by atoms with Gasteiger partial charge in [0.25, 0.3) is 0 Å². The molecular weight excluding hydrogens is 259 g/mol. The largest absolute Gasteiger partial charge is 0.402 e. The van der Waals surface area contributed by atoms with Crippen molar-refractivity contribution < 1.29 is 0 Å². The second-order valence-electron chi connectivity index (χ2n) is 4.76. The molecule has 1 aliphatic heterocycles. The zero-order chi connectivity index (χ0) is 14.1. The van der Waals surface area contributed by atoms with Crippen LogP contribution >= 0.6 is 0 Å². The van der Waals surface area contributed by atoms with Gasteiger partial charge in [-0.15, -0.1) is 5.10 Å². The topological polar surface area (TPSA) is 32.3 Å². The van der Waals surface area contributed by atoms with Crippen LogP contribution in [0.25, 0.3) is 0 Å². The molecule has 1 radical (unpaired) electrons. The highest BCUT2D eigenvalue weighted by molar-refractivity contribution is 6.55. The van der Waals surface area contributed by atoms with E-state index in [0.29, 0.717) is 0 Å². The maximum Gasteiger partial charge on any atom is 0.402 e. The molecule has 0 spiro atoms. The fraction of sp³-hybridized carbons (Fsp3) is 0. The zero-order valence-corrected chi connectivity index (χ0v) is 11.3. The van der Waals surface area contributed by atoms with Crippen LogP contribution in [0.3, 0.4) is 0 Å². The van der Waals surface area contributed by atoms with Crippen molar-refractivity contribution in [3.63, 3.8) is 0 Å². The number of anilines is 4. The minimum absolute atomic E-state index is 0.809. The first kappa shape index (κ1) is 12.0. The smallest absolute Gasteiger partial charge is 0.367 e. The quantitative estimate of drug-likeness (QED) is 0.669. The Labute approximate surface area is 123 Å². The van der Waals surface area contributed by atoms with Gasteiger partial charge >= 0.3 is 7.55 Å². The highest BCUT2D eigenvalue weighted by Gasteiger charge is 2.30. The van der Waals surface area contributed by atoms with Crippen molar-refractivity contribution in [3.05, 3.63) is 72.9 Å². The molecule has 0 unspecified atom stereocenters. The van der Waals surface area contributed by atoms with Crippen LogP contribution in [0.1, 0.15) is 0 Å². The van der Waals surface area contributed by atoms with E-state index in [0.717, 1.165) is 22.9 Å². The number of rotatable bonds is 2. The van der Waals surface area contributed by atoms with Crippen molar-refractivity contribution in [1.29, 1.82) is 0 Å². The van der Waals surface area contributed by atoms with Crippen molar-refractivity contribution in [1.82, 2.24) is 10.2 Å². The van der Waals surface area contributed by atoms with E-state index in [1.165, 1.54) is 0 Å². The molecule has 2 aromatic carbocycles. The minimum Gasteiger partial charge on any atom is -0.367 e. The average molecular weight is 271 g/mol. The molecule has 5 heteroatoms. The average Bonchev–Trinajstić information content (AvgIpc) is 2.96. The second kappa shape index (κ2) is 4.94. The molecule has 0 fully saturated rings. The molecule has 2 heterocycles. The predicted octanol–water partition coefficient (Wildman–Crippen LogP) is 3.30. The maximum atomic E-state index is 4.21. The number of aromatic nitrogens is 2. The molecule has 1 aliphatic rings. The lowest BCUT2D eigenvalue weighted by molar-refractivity contribution is 1.02. The van der Waals surface area contributed by atoms with E-state index >= 15 is 0 Å². The van der Waals surface area contributed by atoms with Crippen LogP contribution in [0.15, 0.2) is 72.9 Å². The molecule has 1 aromatic heterocycles. The number of hydrogen-bond acceptors (Lipinski definition) is 4. The summed E-state index contributed by atoms with van der Waals surface area (Å²) in [6.45, 7) is 0. The molecule has 0 atom stereocenters. The SMILES string of the molecule is [B]1N(c2ccccc2)c2ccccc2N1c1cccnn1. The van der Waals surface area contributed by atoms with Gasteiger partial charge in [-0.3, -0.25) is 0 Å². The van der Waals surface area contributed by atoms with Crippen LogP contribution in [0.4, 0.5) is 22.9 Å². The Balaban J connectivity index is 1.81. The fourth-order valence-electron chi connectivity index (χ4n) is 2.51. The molecule has 0 saturated carbocycles. The van der Waals surface area contributed by atoms with E-state index in [4.69, 9.17) is 0 Å². The minimum atomic E-state index is 0.809. The van der Waals surface area contributed by atoms with Gasteiger partial charge in [0, 0.05) is 11.9 Å². The molecule has 4 rings (SSSR count). The van der Waals surface area contributed by atoms with Crippen LogP contribution in [0.2, 0.25) is 0 Å². The Kier molecular flexibility index (Phi) is 2.82. The number of nitrogens with zero attached hydrogens (tertiary/aromatic N) is 4. The van der Waals surface area contributed by atoms with Gasteiger partial charge < -0.3 is 9.62 Å². The van der Waals surface area contributed by atoms with Crippen LogP contribution in [-0.2, 0) is 0 Å². The van der Waals surface area contributed by atoms with Crippen molar-refractivity contribution in [2.75, 3.05) is 9.62 Å². The monoisotopic (exact) mass is 271 g/mol. The molecule has 4 nitrogen and oxygen atoms in total. The molecule has 0 saturated heterocycles. The first-order valence-corrected chi connectivity index (χ1v) is 6.79. The molecule has 3 aromatic rings. The van der Waals surface area contributed by atoms with Gasteiger partial charge in [-0.05, 0) is 36.4 Å².